The Morgan fingerprint density at radius 1 is 1.09 bits per heavy atom. The second-order valence-electron chi connectivity index (χ2n) is 9.53. The van der Waals surface area contributed by atoms with Crippen molar-refractivity contribution in [1.82, 2.24) is 9.88 Å². The minimum Gasteiger partial charge on any atom is -0.491 e. The van der Waals surface area contributed by atoms with E-state index in [9.17, 15) is 9.90 Å². The molecule has 3 heterocycles. The zero-order valence-corrected chi connectivity index (χ0v) is 18.8. The lowest BCUT2D eigenvalue weighted by molar-refractivity contribution is 0.0697. The van der Waals surface area contributed by atoms with E-state index in [-0.39, 0.29) is 6.10 Å². The predicted molar refractivity (Wildman–Crippen MR) is 128 cm³/mol. The fourth-order valence-corrected chi connectivity index (χ4v) is 5.90. The van der Waals surface area contributed by atoms with Crippen LogP contribution >= 0.6 is 0 Å². The first-order chi connectivity index (χ1) is 16.2. The van der Waals surface area contributed by atoms with Crippen molar-refractivity contribution in [1.29, 1.82) is 0 Å². The molecule has 1 aliphatic carbocycles. The Bertz CT molecular complexity index is 1200. The van der Waals surface area contributed by atoms with Crippen LogP contribution in [0.15, 0.2) is 36.4 Å². The number of nitrogens with one attached hydrogen (secondary N) is 1. The van der Waals surface area contributed by atoms with Gasteiger partial charge < -0.3 is 24.5 Å². The summed E-state index contributed by atoms with van der Waals surface area (Å²) in [4.78, 5) is 11.7. The van der Waals surface area contributed by atoms with Gasteiger partial charge in [0.05, 0.1) is 17.8 Å². The molecule has 0 bridgehead atoms. The fraction of sp³-hybridized carbons (Fsp3) is 0.444. The average molecular weight is 447 g/mol. The molecule has 1 aromatic heterocycles. The number of rotatable bonds is 4. The maximum atomic E-state index is 11.7. The monoisotopic (exact) mass is 446 g/mol. The van der Waals surface area contributed by atoms with Gasteiger partial charge in [0.1, 0.15) is 24.2 Å². The first-order valence-electron chi connectivity index (χ1n) is 12.2. The van der Waals surface area contributed by atoms with E-state index in [1.165, 1.54) is 48.7 Å². The summed E-state index contributed by atoms with van der Waals surface area (Å²) in [6, 6.07) is 11.8. The van der Waals surface area contributed by atoms with Crippen molar-refractivity contribution in [3.8, 4) is 22.8 Å². The Kier molecular flexibility index (Phi) is 5.25. The summed E-state index contributed by atoms with van der Waals surface area (Å²) < 4.78 is 14.7. The van der Waals surface area contributed by atoms with Crippen LogP contribution in [0.4, 0.5) is 0 Å². The predicted octanol–water partition coefficient (Wildman–Crippen LogP) is 5.19. The van der Waals surface area contributed by atoms with E-state index in [0.717, 1.165) is 42.1 Å². The van der Waals surface area contributed by atoms with Gasteiger partial charge in [0, 0.05) is 29.1 Å². The van der Waals surface area contributed by atoms with Gasteiger partial charge in [-0.3, -0.25) is 0 Å². The SMILES string of the molecule is O=C(O)c1ccc2c(C3CCCCC3)c3n(c2c1)CCOc1cc(O[C@H]2CCNC2)ccc1-3. The third kappa shape index (κ3) is 3.66. The van der Waals surface area contributed by atoms with Gasteiger partial charge in [0.2, 0.25) is 0 Å². The van der Waals surface area contributed by atoms with Gasteiger partial charge in [0.25, 0.3) is 0 Å². The van der Waals surface area contributed by atoms with Crippen molar-refractivity contribution in [2.24, 2.45) is 0 Å². The van der Waals surface area contributed by atoms with E-state index in [0.29, 0.717) is 24.6 Å². The number of carbonyl (C=O) groups is 1. The van der Waals surface area contributed by atoms with Crippen molar-refractivity contribution in [2.45, 2.75) is 57.1 Å². The van der Waals surface area contributed by atoms with Crippen molar-refractivity contribution in [2.75, 3.05) is 19.7 Å². The van der Waals surface area contributed by atoms with Gasteiger partial charge in [-0.1, -0.05) is 25.3 Å². The molecule has 3 aromatic rings. The van der Waals surface area contributed by atoms with Crippen LogP contribution in [0.5, 0.6) is 11.5 Å². The maximum absolute atomic E-state index is 11.7. The number of hydrogen-bond donors (Lipinski definition) is 2. The van der Waals surface area contributed by atoms with E-state index in [4.69, 9.17) is 9.47 Å². The smallest absolute Gasteiger partial charge is 0.335 e. The summed E-state index contributed by atoms with van der Waals surface area (Å²) in [5.74, 6) is 1.30. The highest BCUT2D eigenvalue weighted by Gasteiger charge is 2.30. The Hall–Kier alpha value is -2.99. The lowest BCUT2D eigenvalue weighted by atomic mass is 9.81. The first kappa shape index (κ1) is 20.6. The molecule has 6 nitrogen and oxygen atoms in total. The number of carboxylic acids is 1. The summed E-state index contributed by atoms with van der Waals surface area (Å²) in [6.45, 7) is 3.11. The molecule has 6 rings (SSSR count). The van der Waals surface area contributed by atoms with Crippen molar-refractivity contribution in [3.63, 3.8) is 0 Å². The summed E-state index contributed by atoms with van der Waals surface area (Å²) in [6.07, 6.45) is 7.36. The molecule has 0 amide bonds. The standard InChI is InChI=1S/C27H30N2O4/c30-27(31)18-6-8-21-23(14-18)29-12-13-32-24-15-19(33-20-10-11-28-16-20)7-9-22(24)26(29)25(21)17-4-2-1-3-5-17/h6-9,14-15,17,20,28H,1-5,10-13,16H2,(H,30,31)/t20-/m0/s1. The number of carboxylic acid groups (broad SMARTS) is 1. The molecule has 1 saturated heterocycles. The number of aromatic nitrogens is 1. The molecule has 0 unspecified atom stereocenters. The molecule has 6 heteroatoms. The molecule has 2 aromatic carbocycles. The number of ether oxygens (including phenoxy) is 2. The summed E-state index contributed by atoms with van der Waals surface area (Å²) in [7, 11) is 0. The van der Waals surface area contributed by atoms with Gasteiger partial charge in [-0.2, -0.15) is 0 Å². The number of hydrogen-bond acceptors (Lipinski definition) is 4. The van der Waals surface area contributed by atoms with Gasteiger partial charge in [-0.05, 0) is 61.6 Å². The maximum Gasteiger partial charge on any atom is 0.335 e. The van der Waals surface area contributed by atoms with E-state index in [2.05, 4.69) is 22.0 Å². The fourth-order valence-electron chi connectivity index (χ4n) is 5.90. The lowest BCUT2D eigenvalue weighted by Gasteiger charge is -2.23. The van der Waals surface area contributed by atoms with Crippen LogP contribution in [0.2, 0.25) is 0 Å². The molecular formula is C27H30N2O4. The molecule has 3 aliphatic rings. The molecule has 0 spiro atoms. The van der Waals surface area contributed by atoms with Crippen molar-refractivity contribution >= 4 is 16.9 Å². The second-order valence-corrected chi connectivity index (χ2v) is 9.53. The van der Waals surface area contributed by atoms with Crippen molar-refractivity contribution < 1.29 is 19.4 Å². The topological polar surface area (TPSA) is 72.7 Å². The van der Waals surface area contributed by atoms with Gasteiger partial charge in [-0.15, -0.1) is 0 Å². The van der Waals surface area contributed by atoms with Crippen molar-refractivity contribution in [3.05, 3.63) is 47.5 Å². The Morgan fingerprint density at radius 2 is 1.97 bits per heavy atom. The largest absolute Gasteiger partial charge is 0.491 e. The van der Waals surface area contributed by atoms with E-state index >= 15 is 0 Å². The quantitative estimate of drug-likeness (QED) is 0.577. The molecule has 2 fully saturated rings. The second kappa shape index (κ2) is 8.41. The molecule has 172 valence electrons. The van der Waals surface area contributed by atoms with Crippen LogP contribution in [-0.4, -0.2) is 41.4 Å². The molecule has 1 atom stereocenters. The minimum atomic E-state index is -0.889. The normalized spacial score (nSPS) is 20.7. The molecular weight excluding hydrogens is 416 g/mol. The van der Waals surface area contributed by atoms with E-state index in [1.54, 1.807) is 6.07 Å². The van der Waals surface area contributed by atoms with E-state index < -0.39 is 5.97 Å². The summed E-state index contributed by atoms with van der Waals surface area (Å²) >= 11 is 0. The summed E-state index contributed by atoms with van der Waals surface area (Å²) in [5, 5.41) is 14.1. The molecule has 2 aliphatic heterocycles. The molecule has 2 N–H and O–H groups in total. The first-order valence-corrected chi connectivity index (χ1v) is 12.2. The summed E-state index contributed by atoms with van der Waals surface area (Å²) in [5.41, 5.74) is 4.97. The molecule has 0 radical (unpaired) electrons. The Labute approximate surface area is 193 Å². The molecule has 33 heavy (non-hydrogen) atoms. The van der Waals surface area contributed by atoms with Crippen LogP contribution in [0, 0.1) is 0 Å². The van der Waals surface area contributed by atoms with Gasteiger partial charge in [-0.25, -0.2) is 4.79 Å². The molecule has 1 saturated carbocycles. The Balaban J connectivity index is 1.52. The van der Waals surface area contributed by atoms with E-state index in [1.807, 2.05) is 18.2 Å². The number of fused-ring (bicyclic) bond motifs is 5. The van der Waals surface area contributed by atoms with Crippen LogP contribution in [-0.2, 0) is 6.54 Å². The number of aromatic carboxylic acids is 1. The van der Waals surface area contributed by atoms with Gasteiger partial charge >= 0.3 is 5.97 Å². The average Bonchev–Trinajstić information content (AvgIpc) is 3.41. The van der Waals surface area contributed by atoms with Crippen LogP contribution < -0.4 is 14.8 Å². The highest BCUT2D eigenvalue weighted by atomic mass is 16.5. The van der Waals surface area contributed by atoms with Gasteiger partial charge in [0.15, 0.2) is 0 Å². The third-order valence-corrected chi connectivity index (χ3v) is 7.46. The number of nitrogens with zero attached hydrogens (tertiary/aromatic N) is 1. The third-order valence-electron chi connectivity index (χ3n) is 7.46. The zero-order chi connectivity index (χ0) is 22.4. The highest BCUT2D eigenvalue weighted by molar-refractivity contribution is 5.98. The number of benzene rings is 2. The minimum absolute atomic E-state index is 0.201. The highest BCUT2D eigenvalue weighted by Crippen LogP contribution is 2.47. The van der Waals surface area contributed by atoms with Crippen LogP contribution in [0.1, 0.15) is 60.4 Å². The van der Waals surface area contributed by atoms with Crippen LogP contribution in [0.3, 0.4) is 0 Å². The Morgan fingerprint density at radius 3 is 2.76 bits per heavy atom. The lowest BCUT2D eigenvalue weighted by Crippen LogP contribution is -2.19. The zero-order valence-electron chi connectivity index (χ0n) is 18.8. The van der Waals surface area contributed by atoms with Crippen LogP contribution in [0.25, 0.3) is 22.2 Å².